The van der Waals surface area contributed by atoms with E-state index in [0.29, 0.717) is 11.3 Å². The van der Waals surface area contributed by atoms with Crippen LogP contribution in [0.1, 0.15) is 22.0 Å². The van der Waals surface area contributed by atoms with Gasteiger partial charge < -0.3 is 15.2 Å². The molecule has 3 N–H and O–H groups in total. The Labute approximate surface area is 190 Å². The lowest BCUT2D eigenvalue weighted by Crippen LogP contribution is -2.28. The van der Waals surface area contributed by atoms with E-state index in [9.17, 15) is 28.4 Å². The molecule has 1 amide bonds. The number of methoxy groups -OCH3 is 1. The molecule has 3 aromatic carbocycles. The van der Waals surface area contributed by atoms with E-state index in [4.69, 9.17) is 4.74 Å². The summed E-state index contributed by atoms with van der Waals surface area (Å²) >= 11 is 0. The SMILES string of the molecule is COc1ccccc1NS(=O)(=O)c1ccc(C(=O)NCC(O)c2ccc([N+](=O)[O-])cc2)cc1. The average Bonchev–Trinajstić information content (AvgIpc) is 2.82. The Morgan fingerprint density at radius 3 is 2.30 bits per heavy atom. The minimum atomic E-state index is -3.91. The van der Waals surface area contributed by atoms with Gasteiger partial charge in [-0.25, -0.2) is 8.42 Å². The number of ether oxygens (including phenoxy) is 1. The molecule has 1 unspecified atom stereocenters. The predicted molar refractivity (Wildman–Crippen MR) is 121 cm³/mol. The van der Waals surface area contributed by atoms with Gasteiger partial charge in [0.1, 0.15) is 5.75 Å². The van der Waals surface area contributed by atoms with Gasteiger partial charge in [0.2, 0.25) is 0 Å². The van der Waals surface area contributed by atoms with Gasteiger partial charge in [-0.3, -0.25) is 19.6 Å². The topological polar surface area (TPSA) is 148 Å². The third-order valence-corrected chi connectivity index (χ3v) is 6.10. The predicted octanol–water partition coefficient (Wildman–Crippen LogP) is 2.87. The fraction of sp³-hybridized carbons (Fsp3) is 0.136. The van der Waals surface area contributed by atoms with E-state index < -0.39 is 27.0 Å². The maximum Gasteiger partial charge on any atom is 0.269 e. The summed E-state index contributed by atoms with van der Waals surface area (Å²) in [4.78, 5) is 22.5. The van der Waals surface area contributed by atoms with Crippen LogP contribution in [0.5, 0.6) is 5.75 Å². The van der Waals surface area contributed by atoms with Crippen molar-refractivity contribution < 1.29 is 28.0 Å². The monoisotopic (exact) mass is 471 g/mol. The first-order chi connectivity index (χ1) is 15.7. The molecule has 3 rings (SSSR count). The van der Waals surface area contributed by atoms with E-state index in [2.05, 4.69) is 10.0 Å². The summed E-state index contributed by atoms with van der Waals surface area (Å²) in [6.07, 6.45) is -1.07. The van der Waals surface area contributed by atoms with E-state index >= 15 is 0 Å². The lowest BCUT2D eigenvalue weighted by molar-refractivity contribution is -0.384. The highest BCUT2D eigenvalue weighted by molar-refractivity contribution is 7.92. The number of non-ortho nitro benzene ring substituents is 1. The Morgan fingerprint density at radius 2 is 1.70 bits per heavy atom. The lowest BCUT2D eigenvalue weighted by Gasteiger charge is -2.13. The van der Waals surface area contributed by atoms with Crippen LogP contribution in [0.15, 0.2) is 77.7 Å². The number of rotatable bonds is 9. The molecule has 1 atom stereocenters. The maximum absolute atomic E-state index is 12.6. The van der Waals surface area contributed by atoms with Crippen LogP contribution < -0.4 is 14.8 Å². The smallest absolute Gasteiger partial charge is 0.269 e. The second-order valence-electron chi connectivity index (χ2n) is 6.90. The first-order valence-corrected chi connectivity index (χ1v) is 11.2. The first-order valence-electron chi connectivity index (χ1n) is 9.68. The second-order valence-corrected chi connectivity index (χ2v) is 8.59. The molecule has 0 bridgehead atoms. The van der Waals surface area contributed by atoms with Crippen LogP contribution >= 0.6 is 0 Å². The quantitative estimate of drug-likeness (QED) is 0.321. The molecule has 0 aromatic heterocycles. The minimum Gasteiger partial charge on any atom is -0.495 e. The summed E-state index contributed by atoms with van der Waals surface area (Å²) in [5.74, 6) is -0.152. The number of nitro benzene ring substituents is 1. The number of nitro groups is 1. The van der Waals surface area contributed by atoms with E-state index in [1.807, 2.05) is 0 Å². The molecule has 172 valence electrons. The number of nitrogens with zero attached hydrogens (tertiary/aromatic N) is 1. The fourth-order valence-electron chi connectivity index (χ4n) is 2.95. The highest BCUT2D eigenvalue weighted by Crippen LogP contribution is 2.26. The minimum absolute atomic E-state index is 0.0455. The number of carbonyl (C=O) groups excluding carboxylic acids is 1. The third-order valence-electron chi connectivity index (χ3n) is 4.72. The average molecular weight is 471 g/mol. The molecule has 0 fully saturated rings. The van der Waals surface area contributed by atoms with Gasteiger partial charge in [0.05, 0.1) is 28.7 Å². The molecular weight excluding hydrogens is 450 g/mol. The molecule has 0 aliphatic carbocycles. The Balaban J connectivity index is 1.63. The Bertz CT molecular complexity index is 1240. The van der Waals surface area contributed by atoms with Crippen molar-refractivity contribution in [2.24, 2.45) is 0 Å². The Morgan fingerprint density at radius 1 is 1.06 bits per heavy atom. The fourth-order valence-corrected chi connectivity index (χ4v) is 4.02. The van der Waals surface area contributed by atoms with Crippen molar-refractivity contribution in [2.75, 3.05) is 18.4 Å². The molecule has 0 saturated heterocycles. The highest BCUT2D eigenvalue weighted by atomic mass is 32.2. The zero-order valence-electron chi connectivity index (χ0n) is 17.5. The van der Waals surface area contributed by atoms with Gasteiger partial charge >= 0.3 is 0 Å². The van der Waals surface area contributed by atoms with Crippen LogP contribution in [0.2, 0.25) is 0 Å². The van der Waals surface area contributed by atoms with Gasteiger partial charge in [0, 0.05) is 24.2 Å². The van der Waals surface area contributed by atoms with Crippen LogP contribution in [0.4, 0.5) is 11.4 Å². The van der Waals surface area contributed by atoms with Crippen LogP contribution in [-0.2, 0) is 10.0 Å². The number of hydrogen-bond acceptors (Lipinski definition) is 7. The first kappa shape index (κ1) is 23.7. The van der Waals surface area contributed by atoms with Crippen LogP contribution in [0.25, 0.3) is 0 Å². The summed E-state index contributed by atoms with van der Waals surface area (Å²) in [6.45, 7) is -0.133. The van der Waals surface area contributed by atoms with Crippen molar-refractivity contribution in [3.8, 4) is 5.75 Å². The molecule has 0 heterocycles. The van der Waals surface area contributed by atoms with Gasteiger partial charge in [-0.1, -0.05) is 12.1 Å². The van der Waals surface area contributed by atoms with Gasteiger partial charge in [0.15, 0.2) is 0 Å². The van der Waals surface area contributed by atoms with Gasteiger partial charge in [-0.15, -0.1) is 0 Å². The van der Waals surface area contributed by atoms with Gasteiger partial charge in [0.25, 0.3) is 21.6 Å². The molecule has 0 saturated carbocycles. The number of aliphatic hydroxyl groups excluding tert-OH is 1. The number of nitrogens with one attached hydrogen (secondary N) is 2. The maximum atomic E-state index is 12.6. The summed E-state index contributed by atoms with van der Waals surface area (Å²) in [5.41, 5.74) is 0.777. The summed E-state index contributed by atoms with van der Waals surface area (Å²) < 4.78 is 32.9. The molecule has 11 heteroatoms. The summed E-state index contributed by atoms with van der Waals surface area (Å²) in [5, 5.41) is 23.4. The van der Waals surface area contributed by atoms with Crippen LogP contribution in [-0.4, -0.2) is 38.0 Å². The number of sulfonamides is 1. The number of hydrogen-bond donors (Lipinski definition) is 3. The normalized spacial score (nSPS) is 11.9. The molecule has 0 radical (unpaired) electrons. The zero-order chi connectivity index (χ0) is 24.0. The molecule has 33 heavy (non-hydrogen) atoms. The second kappa shape index (κ2) is 10.1. The third kappa shape index (κ3) is 5.84. The lowest BCUT2D eigenvalue weighted by atomic mass is 10.1. The van der Waals surface area contributed by atoms with E-state index in [-0.39, 0.29) is 28.4 Å². The number of carbonyl (C=O) groups is 1. The highest BCUT2D eigenvalue weighted by Gasteiger charge is 2.18. The summed E-state index contributed by atoms with van der Waals surface area (Å²) in [6, 6.07) is 17.2. The molecule has 10 nitrogen and oxygen atoms in total. The summed E-state index contributed by atoms with van der Waals surface area (Å²) in [7, 11) is -2.48. The number of amides is 1. The molecule has 0 spiro atoms. The number of anilines is 1. The number of para-hydroxylation sites is 2. The molecule has 3 aromatic rings. The van der Waals surface area contributed by atoms with Crippen molar-refractivity contribution in [1.82, 2.24) is 5.32 Å². The molecular formula is C22H21N3O7S. The van der Waals surface area contributed by atoms with Crippen LogP contribution in [0.3, 0.4) is 0 Å². The van der Waals surface area contributed by atoms with Crippen molar-refractivity contribution >= 4 is 27.3 Å². The Kier molecular flexibility index (Phi) is 7.26. The van der Waals surface area contributed by atoms with Gasteiger partial charge in [-0.05, 0) is 54.1 Å². The van der Waals surface area contributed by atoms with E-state index in [0.717, 1.165) is 0 Å². The van der Waals surface area contributed by atoms with Crippen molar-refractivity contribution in [3.05, 3.63) is 94.0 Å². The molecule has 0 aliphatic rings. The van der Waals surface area contributed by atoms with E-state index in [1.165, 1.54) is 55.6 Å². The number of aliphatic hydroxyl groups is 1. The Hall–Kier alpha value is -3.96. The van der Waals surface area contributed by atoms with Crippen molar-refractivity contribution in [3.63, 3.8) is 0 Å². The number of benzene rings is 3. The van der Waals surface area contributed by atoms with Crippen LogP contribution in [0, 0.1) is 10.1 Å². The zero-order valence-corrected chi connectivity index (χ0v) is 18.3. The van der Waals surface area contributed by atoms with Crippen molar-refractivity contribution in [1.29, 1.82) is 0 Å². The largest absolute Gasteiger partial charge is 0.495 e. The van der Waals surface area contributed by atoms with Gasteiger partial charge in [-0.2, -0.15) is 0 Å². The van der Waals surface area contributed by atoms with E-state index in [1.54, 1.807) is 24.3 Å². The molecule has 0 aliphatic heterocycles. The standard InChI is InChI=1S/C22H21N3O7S/c1-32-21-5-3-2-4-19(21)24-33(30,31)18-12-8-16(9-13-18)22(27)23-14-20(26)15-6-10-17(11-7-15)25(28)29/h2-13,20,24,26H,14H2,1H3,(H,23,27). The van der Waals surface area contributed by atoms with Crippen molar-refractivity contribution in [2.45, 2.75) is 11.0 Å².